The van der Waals surface area contributed by atoms with E-state index in [0.717, 1.165) is 12.1 Å². The van der Waals surface area contributed by atoms with Crippen LogP contribution in [-0.2, 0) is 16.1 Å². The molecule has 2 atom stereocenters. The lowest BCUT2D eigenvalue weighted by Crippen LogP contribution is -2.36. The molecule has 20 heavy (non-hydrogen) atoms. The Morgan fingerprint density at radius 3 is 2.55 bits per heavy atom. The van der Waals surface area contributed by atoms with Gasteiger partial charge in [0.2, 0.25) is 0 Å². The summed E-state index contributed by atoms with van der Waals surface area (Å²) >= 11 is 0. The molecule has 0 bridgehead atoms. The first-order valence-corrected chi connectivity index (χ1v) is 6.05. The van der Waals surface area contributed by atoms with Gasteiger partial charge in [0.05, 0.1) is 13.2 Å². The van der Waals surface area contributed by atoms with Crippen molar-refractivity contribution >= 4 is 5.97 Å². The van der Waals surface area contributed by atoms with Crippen molar-refractivity contribution in [3.63, 3.8) is 0 Å². The van der Waals surface area contributed by atoms with Crippen LogP contribution in [0.4, 0.5) is 13.2 Å². The van der Waals surface area contributed by atoms with Crippen molar-refractivity contribution in [1.82, 2.24) is 4.90 Å². The lowest BCUT2D eigenvalue weighted by molar-refractivity contribution is -0.146. The summed E-state index contributed by atoms with van der Waals surface area (Å²) < 4.78 is 43.8. The summed E-state index contributed by atoms with van der Waals surface area (Å²) in [6.45, 7) is 0.200. The third kappa shape index (κ3) is 2.94. The summed E-state index contributed by atoms with van der Waals surface area (Å²) in [5, 5.41) is 9.59. The summed E-state index contributed by atoms with van der Waals surface area (Å²) in [7, 11) is 1.22. The zero-order valence-electron chi connectivity index (χ0n) is 10.8. The molecule has 1 N–H and O–H groups in total. The number of hydrogen-bond acceptors (Lipinski definition) is 4. The number of rotatable bonds is 3. The molecule has 0 spiro atoms. The number of carbonyl (C=O) groups is 1. The van der Waals surface area contributed by atoms with E-state index in [9.17, 15) is 23.1 Å². The number of nitrogens with zero attached hydrogens (tertiary/aromatic N) is 1. The van der Waals surface area contributed by atoms with Crippen molar-refractivity contribution in [3.8, 4) is 0 Å². The van der Waals surface area contributed by atoms with Crippen LogP contribution in [0.25, 0.3) is 0 Å². The van der Waals surface area contributed by atoms with Crippen LogP contribution in [0.5, 0.6) is 0 Å². The Bertz CT molecular complexity index is 501. The Kier molecular flexibility index (Phi) is 4.29. The predicted molar refractivity (Wildman–Crippen MR) is 63.2 cm³/mol. The molecule has 1 fully saturated rings. The van der Waals surface area contributed by atoms with Gasteiger partial charge in [-0.2, -0.15) is 0 Å². The van der Waals surface area contributed by atoms with Crippen LogP contribution >= 0.6 is 0 Å². The number of methoxy groups -OCH3 is 1. The highest BCUT2D eigenvalue weighted by Crippen LogP contribution is 2.23. The largest absolute Gasteiger partial charge is 0.468 e. The minimum atomic E-state index is -1.53. The topological polar surface area (TPSA) is 49.8 Å². The lowest BCUT2D eigenvalue weighted by Gasteiger charge is -2.22. The fraction of sp³-hybridized carbons (Fsp3) is 0.462. The second-order valence-corrected chi connectivity index (χ2v) is 4.73. The molecule has 1 saturated heterocycles. The molecular formula is C13H14F3NO3. The summed E-state index contributed by atoms with van der Waals surface area (Å²) in [4.78, 5) is 13.1. The van der Waals surface area contributed by atoms with Gasteiger partial charge >= 0.3 is 5.97 Å². The number of esters is 1. The van der Waals surface area contributed by atoms with Crippen molar-refractivity contribution in [1.29, 1.82) is 0 Å². The molecule has 1 aliphatic rings. The molecule has 1 aromatic carbocycles. The van der Waals surface area contributed by atoms with Crippen LogP contribution in [0.3, 0.4) is 0 Å². The van der Waals surface area contributed by atoms with Crippen LogP contribution in [0.1, 0.15) is 12.0 Å². The second-order valence-electron chi connectivity index (χ2n) is 4.73. The van der Waals surface area contributed by atoms with E-state index in [1.54, 1.807) is 4.90 Å². The zero-order chi connectivity index (χ0) is 14.9. The fourth-order valence-electron chi connectivity index (χ4n) is 2.37. The first-order chi connectivity index (χ1) is 9.42. The number of carbonyl (C=O) groups excluding carboxylic acids is 1. The van der Waals surface area contributed by atoms with Gasteiger partial charge in [-0.25, -0.2) is 13.2 Å². The molecule has 7 heteroatoms. The van der Waals surface area contributed by atoms with Crippen molar-refractivity contribution in [3.05, 3.63) is 35.1 Å². The van der Waals surface area contributed by atoms with E-state index < -0.39 is 35.6 Å². The SMILES string of the molecule is COC(=O)[C@@H]1C[C@@H](O)CN1Cc1cc(F)c(F)c(F)c1. The molecule has 1 aliphatic heterocycles. The molecule has 1 aromatic rings. The Hall–Kier alpha value is -1.60. The number of likely N-dealkylation sites (tertiary alicyclic amines) is 1. The lowest BCUT2D eigenvalue weighted by atomic mass is 10.1. The smallest absolute Gasteiger partial charge is 0.323 e. The first-order valence-electron chi connectivity index (χ1n) is 6.05. The van der Waals surface area contributed by atoms with Gasteiger partial charge in [-0.3, -0.25) is 9.69 Å². The van der Waals surface area contributed by atoms with E-state index in [1.807, 2.05) is 0 Å². The second kappa shape index (κ2) is 5.80. The maximum Gasteiger partial charge on any atom is 0.323 e. The van der Waals surface area contributed by atoms with Gasteiger partial charge in [-0.05, 0) is 17.7 Å². The van der Waals surface area contributed by atoms with Gasteiger partial charge in [0.1, 0.15) is 6.04 Å². The van der Waals surface area contributed by atoms with Crippen molar-refractivity contribution in [2.24, 2.45) is 0 Å². The van der Waals surface area contributed by atoms with E-state index in [1.165, 1.54) is 7.11 Å². The van der Waals surface area contributed by atoms with Gasteiger partial charge in [0.15, 0.2) is 17.5 Å². The first kappa shape index (κ1) is 14.8. The van der Waals surface area contributed by atoms with E-state index in [4.69, 9.17) is 0 Å². The summed E-state index contributed by atoms with van der Waals surface area (Å²) in [5.74, 6) is -4.62. The molecule has 0 amide bonds. The third-order valence-corrected chi connectivity index (χ3v) is 3.28. The minimum Gasteiger partial charge on any atom is -0.468 e. The monoisotopic (exact) mass is 289 g/mol. The maximum atomic E-state index is 13.1. The molecule has 2 rings (SSSR count). The van der Waals surface area contributed by atoms with Gasteiger partial charge in [0, 0.05) is 19.5 Å². The van der Waals surface area contributed by atoms with Crippen molar-refractivity contribution in [2.45, 2.75) is 25.1 Å². The molecule has 0 radical (unpaired) electrons. The number of β-amino-alcohol motifs (C(OH)–C–C–N with tert-alkyl or cyclic N) is 1. The molecule has 0 unspecified atom stereocenters. The molecule has 0 aliphatic carbocycles. The molecule has 1 heterocycles. The quantitative estimate of drug-likeness (QED) is 0.671. The number of ether oxygens (including phenoxy) is 1. The summed E-state index contributed by atoms with van der Waals surface area (Å²) in [6.07, 6.45) is -0.520. The Morgan fingerprint density at radius 1 is 1.40 bits per heavy atom. The van der Waals surface area contributed by atoms with Crippen LogP contribution in [0.2, 0.25) is 0 Å². The predicted octanol–water partition coefficient (Wildman–Crippen LogP) is 1.21. The van der Waals surface area contributed by atoms with Crippen molar-refractivity contribution in [2.75, 3.05) is 13.7 Å². The minimum absolute atomic E-state index is 0.0188. The molecule has 4 nitrogen and oxygen atoms in total. The summed E-state index contributed by atoms with van der Waals surface area (Å²) in [5.41, 5.74) is 0.185. The number of aliphatic hydroxyl groups excluding tert-OH is 1. The van der Waals surface area contributed by atoms with Crippen LogP contribution < -0.4 is 0 Å². The number of benzene rings is 1. The summed E-state index contributed by atoms with van der Waals surface area (Å²) in [6, 6.07) is 1.07. The van der Waals surface area contributed by atoms with Crippen molar-refractivity contribution < 1.29 is 27.8 Å². The Balaban J connectivity index is 2.18. The van der Waals surface area contributed by atoms with Crippen LogP contribution in [-0.4, -0.2) is 41.8 Å². The fourth-order valence-corrected chi connectivity index (χ4v) is 2.37. The van der Waals surface area contributed by atoms with Gasteiger partial charge in [0.25, 0.3) is 0 Å². The van der Waals surface area contributed by atoms with E-state index in [0.29, 0.717) is 0 Å². The van der Waals surface area contributed by atoms with Gasteiger partial charge in [-0.1, -0.05) is 0 Å². The Labute approximate surface area is 113 Å². The number of halogens is 3. The molecule has 0 aromatic heterocycles. The maximum absolute atomic E-state index is 13.1. The standard InChI is InChI=1S/C13H14F3NO3/c1-20-13(19)11-4-8(18)6-17(11)5-7-2-9(14)12(16)10(15)3-7/h2-3,8,11,18H,4-6H2,1H3/t8-,11+/m1/s1. The Morgan fingerprint density at radius 2 is 2.00 bits per heavy atom. The molecular weight excluding hydrogens is 275 g/mol. The third-order valence-electron chi connectivity index (χ3n) is 3.28. The average Bonchev–Trinajstić information content (AvgIpc) is 2.75. The van der Waals surface area contributed by atoms with E-state index >= 15 is 0 Å². The van der Waals surface area contributed by atoms with E-state index in [2.05, 4.69) is 4.74 Å². The molecule has 0 saturated carbocycles. The zero-order valence-corrected chi connectivity index (χ0v) is 10.8. The normalized spacial score (nSPS) is 23.1. The average molecular weight is 289 g/mol. The molecule has 110 valence electrons. The highest BCUT2D eigenvalue weighted by atomic mass is 19.2. The van der Waals surface area contributed by atoms with Gasteiger partial charge in [-0.15, -0.1) is 0 Å². The van der Waals surface area contributed by atoms with E-state index in [-0.39, 0.29) is 25.1 Å². The number of aliphatic hydroxyl groups is 1. The highest BCUT2D eigenvalue weighted by molar-refractivity contribution is 5.76. The number of hydrogen-bond donors (Lipinski definition) is 1. The highest BCUT2D eigenvalue weighted by Gasteiger charge is 2.36. The van der Waals surface area contributed by atoms with Crippen LogP contribution in [0, 0.1) is 17.5 Å². The van der Waals surface area contributed by atoms with Gasteiger partial charge < -0.3 is 9.84 Å². The van der Waals surface area contributed by atoms with Crippen LogP contribution in [0.15, 0.2) is 12.1 Å².